The lowest BCUT2D eigenvalue weighted by molar-refractivity contribution is -0.117. The fourth-order valence-corrected chi connectivity index (χ4v) is 3.54. The number of rotatable bonds is 6. The second kappa shape index (κ2) is 8.49. The third kappa shape index (κ3) is 4.49. The standard InChI is InChI=1S/C22H21ClN4O2/c23-19-10-9-18(26-12-4-7-22(26)29)13-20(19)25-21(28)11-8-16-14-24-27(15-16)17-5-2-1-3-6-17/h1-3,5-6,9-10,13-15H,4,7-8,11-12H2,(H,25,28). The van der Waals surface area contributed by atoms with Crippen LogP contribution in [0.5, 0.6) is 0 Å². The summed E-state index contributed by atoms with van der Waals surface area (Å²) in [6.45, 7) is 0.694. The maximum atomic E-state index is 12.4. The van der Waals surface area contributed by atoms with Gasteiger partial charge >= 0.3 is 0 Å². The van der Waals surface area contributed by atoms with Gasteiger partial charge in [-0.3, -0.25) is 9.59 Å². The van der Waals surface area contributed by atoms with Gasteiger partial charge in [-0.25, -0.2) is 4.68 Å². The Hall–Kier alpha value is -3.12. The van der Waals surface area contributed by atoms with Gasteiger partial charge in [0.15, 0.2) is 0 Å². The van der Waals surface area contributed by atoms with Crippen LogP contribution in [-0.2, 0) is 16.0 Å². The Morgan fingerprint density at radius 2 is 1.97 bits per heavy atom. The Morgan fingerprint density at radius 3 is 2.72 bits per heavy atom. The second-order valence-electron chi connectivity index (χ2n) is 6.99. The average Bonchev–Trinajstić information content (AvgIpc) is 3.38. The van der Waals surface area contributed by atoms with E-state index in [-0.39, 0.29) is 11.8 Å². The molecule has 0 saturated carbocycles. The van der Waals surface area contributed by atoms with Crippen LogP contribution in [0.1, 0.15) is 24.8 Å². The molecule has 6 nitrogen and oxygen atoms in total. The second-order valence-corrected chi connectivity index (χ2v) is 7.40. The number of amides is 2. The number of hydrogen-bond acceptors (Lipinski definition) is 3. The number of aromatic nitrogens is 2. The molecule has 0 bridgehead atoms. The summed E-state index contributed by atoms with van der Waals surface area (Å²) in [5.41, 5.74) is 3.24. The minimum absolute atomic E-state index is 0.0972. The van der Waals surface area contributed by atoms with Crippen molar-refractivity contribution in [1.29, 1.82) is 0 Å². The summed E-state index contributed by atoms with van der Waals surface area (Å²) < 4.78 is 1.79. The predicted molar refractivity (Wildman–Crippen MR) is 114 cm³/mol. The van der Waals surface area contributed by atoms with Crippen LogP contribution < -0.4 is 10.2 Å². The zero-order valence-electron chi connectivity index (χ0n) is 15.8. The highest BCUT2D eigenvalue weighted by atomic mass is 35.5. The largest absolute Gasteiger partial charge is 0.325 e. The van der Waals surface area contributed by atoms with Gasteiger partial charge in [-0.05, 0) is 48.7 Å². The van der Waals surface area contributed by atoms with Crippen molar-refractivity contribution in [3.63, 3.8) is 0 Å². The molecule has 0 spiro atoms. The van der Waals surface area contributed by atoms with Gasteiger partial charge in [-0.1, -0.05) is 29.8 Å². The van der Waals surface area contributed by atoms with Gasteiger partial charge in [0, 0.05) is 31.3 Å². The molecule has 0 atom stereocenters. The van der Waals surface area contributed by atoms with Gasteiger partial charge < -0.3 is 10.2 Å². The van der Waals surface area contributed by atoms with E-state index in [0.717, 1.165) is 23.4 Å². The fraction of sp³-hybridized carbons (Fsp3) is 0.227. The van der Waals surface area contributed by atoms with Crippen LogP contribution in [0.3, 0.4) is 0 Å². The predicted octanol–water partition coefficient (Wildman–Crippen LogP) is 4.22. The van der Waals surface area contributed by atoms with E-state index in [9.17, 15) is 9.59 Å². The van der Waals surface area contributed by atoms with E-state index >= 15 is 0 Å². The number of nitrogens with zero attached hydrogens (tertiary/aromatic N) is 3. The number of para-hydroxylation sites is 1. The molecule has 2 aromatic carbocycles. The van der Waals surface area contributed by atoms with Crippen LogP contribution in [0.25, 0.3) is 5.69 Å². The SMILES string of the molecule is O=C(CCc1cnn(-c2ccccc2)c1)Nc1cc(N2CCCC2=O)ccc1Cl. The molecule has 3 aromatic rings. The molecule has 1 aliphatic rings. The van der Waals surface area contributed by atoms with E-state index in [2.05, 4.69) is 10.4 Å². The third-order valence-electron chi connectivity index (χ3n) is 4.91. The zero-order valence-corrected chi connectivity index (χ0v) is 16.6. The van der Waals surface area contributed by atoms with E-state index in [4.69, 9.17) is 11.6 Å². The van der Waals surface area contributed by atoms with Crippen molar-refractivity contribution in [1.82, 2.24) is 9.78 Å². The van der Waals surface area contributed by atoms with E-state index in [1.54, 1.807) is 34.0 Å². The molecule has 1 N–H and O–H groups in total. The highest BCUT2D eigenvalue weighted by Gasteiger charge is 2.22. The Balaban J connectivity index is 1.38. The van der Waals surface area contributed by atoms with Crippen LogP contribution in [-0.4, -0.2) is 28.1 Å². The first-order chi connectivity index (χ1) is 14.1. The molecule has 2 amide bonds. The number of carbonyl (C=O) groups is 2. The van der Waals surface area contributed by atoms with Gasteiger partial charge in [0.2, 0.25) is 11.8 Å². The lowest BCUT2D eigenvalue weighted by atomic mass is 10.2. The molecule has 0 aliphatic carbocycles. The first-order valence-electron chi connectivity index (χ1n) is 9.59. The first-order valence-corrected chi connectivity index (χ1v) is 9.97. The molecule has 0 unspecified atom stereocenters. The van der Waals surface area contributed by atoms with Crippen molar-refractivity contribution in [2.45, 2.75) is 25.7 Å². The number of halogens is 1. The molecule has 4 rings (SSSR count). The summed E-state index contributed by atoms with van der Waals surface area (Å²) in [5, 5.41) is 7.66. The summed E-state index contributed by atoms with van der Waals surface area (Å²) in [6, 6.07) is 15.1. The van der Waals surface area contributed by atoms with Crippen molar-refractivity contribution < 1.29 is 9.59 Å². The van der Waals surface area contributed by atoms with Crippen LogP contribution in [0, 0.1) is 0 Å². The maximum Gasteiger partial charge on any atom is 0.227 e. The molecule has 1 fully saturated rings. The lowest BCUT2D eigenvalue weighted by Crippen LogP contribution is -2.23. The third-order valence-corrected chi connectivity index (χ3v) is 5.24. The van der Waals surface area contributed by atoms with E-state index in [0.29, 0.717) is 36.5 Å². The molecular weight excluding hydrogens is 388 g/mol. The number of hydrogen-bond donors (Lipinski definition) is 1. The van der Waals surface area contributed by atoms with Gasteiger partial charge in [0.25, 0.3) is 0 Å². The highest BCUT2D eigenvalue weighted by Crippen LogP contribution is 2.30. The summed E-state index contributed by atoms with van der Waals surface area (Å²) in [6.07, 6.45) is 5.98. The Labute approximate surface area is 174 Å². The van der Waals surface area contributed by atoms with Crippen LogP contribution in [0.2, 0.25) is 5.02 Å². The monoisotopic (exact) mass is 408 g/mol. The summed E-state index contributed by atoms with van der Waals surface area (Å²) in [5.74, 6) is -0.0377. The Kier molecular flexibility index (Phi) is 5.62. The summed E-state index contributed by atoms with van der Waals surface area (Å²) >= 11 is 6.24. The lowest BCUT2D eigenvalue weighted by Gasteiger charge is -2.17. The number of aryl methyl sites for hydroxylation is 1. The average molecular weight is 409 g/mol. The molecule has 29 heavy (non-hydrogen) atoms. The van der Waals surface area contributed by atoms with Crippen molar-refractivity contribution in [2.75, 3.05) is 16.8 Å². The smallest absolute Gasteiger partial charge is 0.227 e. The summed E-state index contributed by atoms with van der Waals surface area (Å²) in [4.78, 5) is 26.1. The van der Waals surface area contributed by atoms with Gasteiger partial charge in [-0.15, -0.1) is 0 Å². The van der Waals surface area contributed by atoms with E-state index < -0.39 is 0 Å². The number of carbonyl (C=O) groups excluding carboxylic acids is 2. The fourth-order valence-electron chi connectivity index (χ4n) is 3.38. The first kappa shape index (κ1) is 19.2. The molecule has 0 radical (unpaired) electrons. The van der Waals surface area contributed by atoms with Crippen LogP contribution in [0.4, 0.5) is 11.4 Å². The van der Waals surface area contributed by atoms with Crippen molar-refractivity contribution in [3.8, 4) is 5.69 Å². The Bertz CT molecular complexity index is 1030. The minimum atomic E-state index is -0.135. The number of benzene rings is 2. The number of nitrogens with one attached hydrogen (secondary N) is 1. The molecule has 2 heterocycles. The van der Waals surface area contributed by atoms with Crippen LogP contribution in [0.15, 0.2) is 60.9 Å². The topological polar surface area (TPSA) is 67.2 Å². The van der Waals surface area contributed by atoms with Crippen molar-refractivity contribution in [2.24, 2.45) is 0 Å². The quantitative estimate of drug-likeness (QED) is 0.663. The molecule has 1 aliphatic heterocycles. The highest BCUT2D eigenvalue weighted by molar-refractivity contribution is 6.33. The van der Waals surface area contributed by atoms with E-state index in [1.165, 1.54) is 0 Å². The van der Waals surface area contributed by atoms with Crippen LogP contribution >= 0.6 is 11.6 Å². The van der Waals surface area contributed by atoms with Crippen molar-refractivity contribution in [3.05, 3.63) is 71.5 Å². The van der Waals surface area contributed by atoms with Crippen molar-refractivity contribution >= 4 is 34.8 Å². The molecule has 1 aromatic heterocycles. The zero-order chi connectivity index (χ0) is 20.2. The number of anilines is 2. The minimum Gasteiger partial charge on any atom is -0.325 e. The maximum absolute atomic E-state index is 12.4. The molecule has 148 valence electrons. The van der Waals surface area contributed by atoms with E-state index in [1.807, 2.05) is 36.5 Å². The molecular formula is C22H21ClN4O2. The summed E-state index contributed by atoms with van der Waals surface area (Å²) in [7, 11) is 0. The Morgan fingerprint density at radius 1 is 1.14 bits per heavy atom. The normalized spacial score (nSPS) is 13.7. The molecule has 7 heteroatoms. The van der Waals surface area contributed by atoms with Gasteiger partial charge in [0.05, 0.1) is 22.6 Å². The molecule has 1 saturated heterocycles. The van der Waals surface area contributed by atoms with Gasteiger partial charge in [0.1, 0.15) is 0 Å². The van der Waals surface area contributed by atoms with Gasteiger partial charge in [-0.2, -0.15) is 5.10 Å².